The predicted molar refractivity (Wildman–Crippen MR) is 118 cm³/mol. The van der Waals surface area contributed by atoms with E-state index in [0.717, 1.165) is 45.6 Å². The Kier molecular flexibility index (Phi) is 4.40. The normalized spacial score (nSPS) is 14.7. The third-order valence-electron chi connectivity index (χ3n) is 5.68. The van der Waals surface area contributed by atoms with Gasteiger partial charge in [0.05, 0.1) is 11.0 Å². The van der Waals surface area contributed by atoms with Gasteiger partial charge in [0.1, 0.15) is 5.69 Å². The van der Waals surface area contributed by atoms with Gasteiger partial charge in [0.2, 0.25) is 0 Å². The lowest BCUT2D eigenvalue weighted by Gasteiger charge is -2.36. The van der Waals surface area contributed by atoms with Crippen LogP contribution in [0.1, 0.15) is 16.1 Å². The molecule has 1 amide bonds. The average Bonchev–Trinajstić information content (AvgIpc) is 3.20. The minimum Gasteiger partial charge on any atom is -0.368 e. The monoisotopic (exact) mass is 404 g/mol. The van der Waals surface area contributed by atoms with Crippen molar-refractivity contribution >= 4 is 45.0 Å². The molecular formula is C23H21ClN4O. The Morgan fingerprint density at radius 2 is 1.83 bits per heavy atom. The molecule has 1 aliphatic heterocycles. The smallest absolute Gasteiger partial charge is 0.270 e. The van der Waals surface area contributed by atoms with Crippen molar-refractivity contribution in [1.82, 2.24) is 14.9 Å². The first-order chi connectivity index (χ1) is 14.1. The lowest BCUT2D eigenvalue weighted by atomic mass is 10.1. The fourth-order valence-electron chi connectivity index (χ4n) is 4.10. The Morgan fingerprint density at radius 1 is 1.03 bits per heavy atom. The second-order valence-corrected chi connectivity index (χ2v) is 7.93. The van der Waals surface area contributed by atoms with E-state index >= 15 is 0 Å². The largest absolute Gasteiger partial charge is 0.368 e. The van der Waals surface area contributed by atoms with Gasteiger partial charge in [-0.1, -0.05) is 35.9 Å². The van der Waals surface area contributed by atoms with E-state index in [1.807, 2.05) is 53.4 Å². The van der Waals surface area contributed by atoms with Crippen molar-refractivity contribution in [1.29, 1.82) is 0 Å². The van der Waals surface area contributed by atoms with E-state index in [4.69, 9.17) is 11.6 Å². The molecule has 3 heterocycles. The van der Waals surface area contributed by atoms with Gasteiger partial charge in [0.15, 0.2) is 0 Å². The van der Waals surface area contributed by atoms with Gasteiger partial charge in [-0.3, -0.25) is 9.78 Å². The number of aromatic amines is 1. The SMILES string of the molecule is Cc1ccc(Cl)cc1N1CCN(C(=O)c2cc3ccc4cccnc4c3[nH]2)CC1. The standard InChI is InChI=1S/C23H21ClN4O/c1-15-4-7-18(24)14-20(15)27-9-11-28(12-10-27)23(29)19-13-17-6-5-16-3-2-8-25-21(16)22(17)26-19/h2-8,13-14,26H,9-12H2,1H3. The fourth-order valence-corrected chi connectivity index (χ4v) is 4.26. The molecule has 2 aromatic heterocycles. The van der Waals surface area contributed by atoms with Gasteiger partial charge < -0.3 is 14.8 Å². The van der Waals surface area contributed by atoms with Crippen molar-refractivity contribution in [2.24, 2.45) is 0 Å². The molecule has 1 aliphatic rings. The highest BCUT2D eigenvalue weighted by Crippen LogP contribution is 2.27. The Bertz CT molecular complexity index is 1220. The number of piperazine rings is 1. The number of nitrogens with zero attached hydrogens (tertiary/aromatic N) is 3. The number of amides is 1. The first kappa shape index (κ1) is 18.0. The lowest BCUT2D eigenvalue weighted by molar-refractivity contribution is 0.0742. The van der Waals surface area contributed by atoms with Crippen LogP contribution in [0, 0.1) is 6.92 Å². The van der Waals surface area contributed by atoms with Crippen LogP contribution in [0.15, 0.2) is 54.7 Å². The maximum atomic E-state index is 13.1. The topological polar surface area (TPSA) is 52.2 Å². The zero-order valence-electron chi connectivity index (χ0n) is 16.2. The molecule has 1 fully saturated rings. The number of pyridine rings is 1. The Balaban J connectivity index is 1.37. The van der Waals surface area contributed by atoms with Crippen LogP contribution in [0.3, 0.4) is 0 Å². The molecule has 146 valence electrons. The number of carbonyl (C=O) groups is 1. The van der Waals surface area contributed by atoms with E-state index in [2.05, 4.69) is 21.8 Å². The van der Waals surface area contributed by atoms with Gasteiger partial charge >= 0.3 is 0 Å². The van der Waals surface area contributed by atoms with E-state index in [1.54, 1.807) is 6.20 Å². The van der Waals surface area contributed by atoms with Crippen LogP contribution in [0.4, 0.5) is 5.69 Å². The highest BCUT2D eigenvalue weighted by molar-refractivity contribution is 6.30. The molecule has 5 nitrogen and oxygen atoms in total. The number of aryl methyl sites for hydroxylation is 1. The minimum atomic E-state index is 0.0350. The number of anilines is 1. The van der Waals surface area contributed by atoms with Crippen LogP contribution >= 0.6 is 11.6 Å². The summed E-state index contributed by atoms with van der Waals surface area (Å²) in [6.07, 6.45) is 1.78. The fraction of sp³-hybridized carbons (Fsp3) is 0.217. The number of carbonyl (C=O) groups excluding carboxylic acids is 1. The molecule has 0 saturated carbocycles. The molecule has 5 rings (SSSR count). The van der Waals surface area contributed by atoms with Gasteiger partial charge in [-0.25, -0.2) is 0 Å². The highest BCUT2D eigenvalue weighted by Gasteiger charge is 2.24. The van der Waals surface area contributed by atoms with Gasteiger partial charge in [0, 0.05) is 53.9 Å². The summed E-state index contributed by atoms with van der Waals surface area (Å²) < 4.78 is 0. The lowest BCUT2D eigenvalue weighted by Crippen LogP contribution is -2.49. The number of H-pyrrole nitrogens is 1. The van der Waals surface area contributed by atoms with Crippen molar-refractivity contribution in [3.63, 3.8) is 0 Å². The third kappa shape index (κ3) is 3.21. The number of fused-ring (bicyclic) bond motifs is 3. The Hall–Kier alpha value is -3.05. The van der Waals surface area contributed by atoms with Crippen LogP contribution in [0.25, 0.3) is 21.8 Å². The van der Waals surface area contributed by atoms with E-state index in [1.165, 1.54) is 5.56 Å². The van der Waals surface area contributed by atoms with E-state index in [0.29, 0.717) is 18.8 Å². The quantitative estimate of drug-likeness (QED) is 0.529. The van der Waals surface area contributed by atoms with E-state index in [9.17, 15) is 4.79 Å². The van der Waals surface area contributed by atoms with Crippen molar-refractivity contribution in [2.45, 2.75) is 6.92 Å². The first-order valence-corrected chi connectivity index (χ1v) is 10.1. The summed E-state index contributed by atoms with van der Waals surface area (Å²) in [7, 11) is 0. The first-order valence-electron chi connectivity index (χ1n) is 9.77. The molecule has 0 bridgehead atoms. The van der Waals surface area contributed by atoms with E-state index < -0.39 is 0 Å². The molecule has 2 aromatic carbocycles. The van der Waals surface area contributed by atoms with Crippen molar-refractivity contribution in [3.05, 3.63) is 71.0 Å². The van der Waals surface area contributed by atoms with Crippen LogP contribution in [-0.2, 0) is 0 Å². The van der Waals surface area contributed by atoms with Crippen LogP contribution < -0.4 is 4.90 Å². The molecule has 6 heteroatoms. The summed E-state index contributed by atoms with van der Waals surface area (Å²) in [5.41, 5.74) is 4.77. The van der Waals surface area contributed by atoms with Crippen LogP contribution in [0.5, 0.6) is 0 Å². The van der Waals surface area contributed by atoms with Crippen molar-refractivity contribution < 1.29 is 4.79 Å². The maximum absolute atomic E-state index is 13.1. The zero-order chi connectivity index (χ0) is 20.0. The zero-order valence-corrected chi connectivity index (χ0v) is 16.9. The number of hydrogen-bond donors (Lipinski definition) is 1. The van der Waals surface area contributed by atoms with Gasteiger partial charge in [-0.05, 0) is 36.8 Å². The summed E-state index contributed by atoms with van der Waals surface area (Å²) in [6, 6.07) is 15.9. The predicted octanol–water partition coefficient (Wildman–Crippen LogP) is 4.64. The second-order valence-electron chi connectivity index (χ2n) is 7.50. The molecule has 0 spiro atoms. The molecule has 1 saturated heterocycles. The molecule has 0 unspecified atom stereocenters. The summed E-state index contributed by atoms with van der Waals surface area (Å²) in [5, 5.41) is 2.81. The average molecular weight is 405 g/mol. The van der Waals surface area contributed by atoms with Crippen LogP contribution in [-0.4, -0.2) is 47.0 Å². The molecule has 0 atom stereocenters. The minimum absolute atomic E-state index is 0.0350. The number of aromatic nitrogens is 2. The molecule has 0 radical (unpaired) electrons. The molecular weight excluding hydrogens is 384 g/mol. The third-order valence-corrected chi connectivity index (χ3v) is 5.91. The number of benzene rings is 2. The molecule has 1 N–H and O–H groups in total. The van der Waals surface area contributed by atoms with Crippen molar-refractivity contribution in [2.75, 3.05) is 31.1 Å². The van der Waals surface area contributed by atoms with Crippen molar-refractivity contribution in [3.8, 4) is 0 Å². The summed E-state index contributed by atoms with van der Waals surface area (Å²) in [6.45, 7) is 5.03. The van der Waals surface area contributed by atoms with Crippen LogP contribution in [0.2, 0.25) is 5.02 Å². The highest BCUT2D eigenvalue weighted by atomic mass is 35.5. The summed E-state index contributed by atoms with van der Waals surface area (Å²) in [5.74, 6) is 0.0350. The number of rotatable bonds is 2. The number of nitrogens with one attached hydrogen (secondary N) is 1. The number of hydrogen-bond acceptors (Lipinski definition) is 3. The Labute approximate surface area is 173 Å². The van der Waals surface area contributed by atoms with Gasteiger partial charge in [-0.15, -0.1) is 0 Å². The Morgan fingerprint density at radius 3 is 2.66 bits per heavy atom. The van der Waals surface area contributed by atoms with E-state index in [-0.39, 0.29) is 5.91 Å². The summed E-state index contributed by atoms with van der Waals surface area (Å²) >= 11 is 6.17. The summed E-state index contributed by atoms with van der Waals surface area (Å²) in [4.78, 5) is 25.1. The molecule has 0 aliphatic carbocycles. The second kappa shape index (κ2) is 7.08. The van der Waals surface area contributed by atoms with Gasteiger partial charge in [-0.2, -0.15) is 0 Å². The molecule has 29 heavy (non-hydrogen) atoms. The number of halogens is 1. The molecule has 4 aromatic rings. The van der Waals surface area contributed by atoms with Gasteiger partial charge in [0.25, 0.3) is 5.91 Å². The maximum Gasteiger partial charge on any atom is 0.270 e.